The third kappa shape index (κ3) is 13.7. The van der Waals surface area contributed by atoms with Gasteiger partial charge in [-0.3, -0.25) is 28.8 Å². The van der Waals surface area contributed by atoms with Gasteiger partial charge in [0.2, 0.25) is 23.6 Å². The summed E-state index contributed by atoms with van der Waals surface area (Å²) in [6.45, 7) is 4.54. The van der Waals surface area contributed by atoms with Crippen molar-refractivity contribution >= 4 is 46.3 Å². The topological polar surface area (TPSA) is 265 Å². The lowest BCUT2D eigenvalue weighted by molar-refractivity contribution is -0.144. The second kappa shape index (κ2) is 21.8. The van der Waals surface area contributed by atoms with Gasteiger partial charge in [0.25, 0.3) is 0 Å². The molecule has 15 nitrogen and oxygen atoms in total. The van der Waals surface area contributed by atoms with E-state index in [1.807, 2.05) is 38.1 Å². The van der Waals surface area contributed by atoms with Crippen molar-refractivity contribution in [2.75, 3.05) is 13.1 Å². The Morgan fingerprint density at radius 3 is 2.09 bits per heavy atom. The molecule has 15 heteroatoms. The minimum absolute atomic E-state index is 0.0177. The molecule has 0 spiro atoms. The number of para-hydroxylation sites is 1. The summed E-state index contributed by atoms with van der Waals surface area (Å²) in [5.74, 6) is -4.86. The molecule has 0 aliphatic carbocycles. The highest BCUT2D eigenvalue weighted by Crippen LogP contribution is 2.22. The molecule has 0 saturated heterocycles. The number of rotatable bonds is 18. The second-order valence-corrected chi connectivity index (χ2v) is 14.3. The van der Waals surface area contributed by atoms with E-state index in [2.05, 4.69) is 26.3 Å². The van der Waals surface area contributed by atoms with E-state index in [1.54, 1.807) is 18.3 Å². The van der Waals surface area contributed by atoms with Gasteiger partial charge >= 0.3 is 5.97 Å². The number of benzene rings is 1. The van der Waals surface area contributed by atoms with Gasteiger partial charge in [0.05, 0.1) is 18.0 Å². The predicted molar refractivity (Wildman–Crippen MR) is 202 cm³/mol. The molecule has 1 aromatic carbocycles. The van der Waals surface area contributed by atoms with E-state index < -0.39 is 71.5 Å². The fraction of sp³-hybridized carbons (Fsp3) is 0.579. The third-order valence-corrected chi connectivity index (χ3v) is 9.41. The summed E-state index contributed by atoms with van der Waals surface area (Å²) in [6, 6.07) is 2.19. The number of aliphatic carboxylic acids is 1. The lowest BCUT2D eigenvalue weighted by Gasteiger charge is -2.27. The highest BCUT2D eigenvalue weighted by molar-refractivity contribution is 5.97. The van der Waals surface area contributed by atoms with Crippen LogP contribution in [0.4, 0.5) is 0 Å². The van der Waals surface area contributed by atoms with Crippen LogP contribution in [0.25, 0.3) is 10.9 Å². The zero-order chi connectivity index (χ0) is 38.9. The van der Waals surface area contributed by atoms with Crippen LogP contribution in [0.1, 0.15) is 83.6 Å². The van der Waals surface area contributed by atoms with Crippen LogP contribution in [-0.2, 0) is 35.2 Å². The smallest absolute Gasteiger partial charge is 0.306 e. The molecule has 0 fully saturated rings. The summed E-state index contributed by atoms with van der Waals surface area (Å²) in [6.07, 6.45) is 7.93. The first-order chi connectivity index (χ1) is 25.3. The summed E-state index contributed by atoms with van der Waals surface area (Å²) in [5.41, 5.74) is 19.1. The number of nitrogens with one attached hydrogen (secondary N) is 5. The van der Waals surface area contributed by atoms with Crippen molar-refractivity contribution in [1.82, 2.24) is 26.3 Å². The van der Waals surface area contributed by atoms with Crippen molar-refractivity contribution in [1.29, 1.82) is 0 Å². The number of hydrogen-bond donors (Lipinski definition) is 9. The Kier molecular flexibility index (Phi) is 17.6. The lowest BCUT2D eigenvalue weighted by Crippen LogP contribution is -2.58. The molecule has 0 bridgehead atoms. The standard InChI is InChI=1S/C38H58N8O7/c1-23(2)19-24(38(52)53)21-33(47)32(20-25-22-42-28-13-5-3-11-26(25)28)46-37(51)30-14-6-4-12-27(41)34(48)43-29(15-7-9-17-39)35(49)45-31(36(50)44-30)16-8-10-18-40/h3-6,11,13,22-24,27,29-32,42H,7-10,12,14-21,39-41H2,1-2H3,(H,43,48)(H,44,50)(H,45,49)(H,46,51)(H,52,53)/t24-,27+,29+,30+,31+,32-/m1/s1. The zero-order valence-corrected chi connectivity index (χ0v) is 30.9. The molecule has 0 radical (unpaired) electrons. The zero-order valence-electron chi connectivity index (χ0n) is 30.9. The molecule has 1 aliphatic rings. The van der Waals surface area contributed by atoms with Gasteiger partial charge in [-0.05, 0) is 88.4 Å². The number of aromatic nitrogens is 1. The van der Waals surface area contributed by atoms with Crippen molar-refractivity contribution < 1.29 is 33.9 Å². The van der Waals surface area contributed by atoms with E-state index in [-0.39, 0.29) is 50.9 Å². The first-order valence-corrected chi connectivity index (χ1v) is 18.7. The fourth-order valence-corrected chi connectivity index (χ4v) is 6.42. The van der Waals surface area contributed by atoms with Gasteiger partial charge in [0.1, 0.15) is 18.1 Å². The van der Waals surface area contributed by atoms with Crippen molar-refractivity contribution in [3.05, 3.63) is 48.2 Å². The number of fused-ring (bicyclic) bond motifs is 1. The molecule has 2 aromatic rings. The number of amides is 4. The summed E-state index contributed by atoms with van der Waals surface area (Å²) >= 11 is 0. The fourth-order valence-electron chi connectivity index (χ4n) is 6.42. The highest BCUT2D eigenvalue weighted by atomic mass is 16.4. The van der Waals surface area contributed by atoms with Gasteiger partial charge in [0.15, 0.2) is 5.78 Å². The number of nitrogens with two attached hydrogens (primary N) is 3. The minimum Gasteiger partial charge on any atom is -0.481 e. The third-order valence-electron chi connectivity index (χ3n) is 9.41. The van der Waals surface area contributed by atoms with E-state index >= 15 is 0 Å². The van der Waals surface area contributed by atoms with Crippen LogP contribution in [0.3, 0.4) is 0 Å². The molecular weight excluding hydrogens is 680 g/mol. The maximum Gasteiger partial charge on any atom is 0.306 e. The average molecular weight is 739 g/mol. The Morgan fingerprint density at radius 1 is 0.868 bits per heavy atom. The first-order valence-electron chi connectivity index (χ1n) is 18.7. The monoisotopic (exact) mass is 738 g/mol. The van der Waals surface area contributed by atoms with E-state index in [0.29, 0.717) is 38.8 Å². The number of carbonyl (C=O) groups is 6. The Morgan fingerprint density at radius 2 is 1.47 bits per heavy atom. The molecular formula is C38H58N8O7. The van der Waals surface area contributed by atoms with Gasteiger partial charge in [0, 0.05) is 29.9 Å². The number of unbranched alkanes of at least 4 members (excludes halogenated alkanes) is 2. The minimum atomic E-state index is -1.19. The lowest BCUT2D eigenvalue weighted by atomic mass is 9.89. The number of hydrogen-bond acceptors (Lipinski definition) is 9. The molecule has 6 atom stereocenters. The van der Waals surface area contributed by atoms with Crippen LogP contribution in [-0.4, -0.2) is 88.8 Å². The normalized spacial score (nSPS) is 21.3. The second-order valence-electron chi connectivity index (χ2n) is 14.3. The largest absolute Gasteiger partial charge is 0.481 e. The van der Waals surface area contributed by atoms with Crippen molar-refractivity contribution in [3.63, 3.8) is 0 Å². The van der Waals surface area contributed by atoms with Crippen molar-refractivity contribution in [3.8, 4) is 0 Å². The van der Waals surface area contributed by atoms with Gasteiger partial charge in [-0.2, -0.15) is 0 Å². The number of H-pyrrole nitrogens is 1. The van der Waals surface area contributed by atoms with Crippen LogP contribution >= 0.6 is 0 Å². The summed E-state index contributed by atoms with van der Waals surface area (Å²) < 4.78 is 0. The number of carbonyl (C=O) groups excluding carboxylic acids is 5. The van der Waals surface area contributed by atoms with Crippen LogP contribution in [0, 0.1) is 11.8 Å². The SMILES string of the molecule is CC(C)C[C@H](CC(=O)[C@@H](Cc1c[nH]c2ccccc12)NC(=O)[C@@H]1CC=CC[C@H](N)C(=O)N[C@@H](CCCCN)C(=O)N[C@@H](CCCCN)C(=O)N1)C(=O)O. The van der Waals surface area contributed by atoms with E-state index in [1.165, 1.54) is 0 Å². The Hall–Kier alpha value is -4.60. The van der Waals surface area contributed by atoms with E-state index in [4.69, 9.17) is 17.2 Å². The molecule has 4 amide bonds. The maximum absolute atomic E-state index is 14.1. The highest BCUT2D eigenvalue weighted by Gasteiger charge is 2.33. The van der Waals surface area contributed by atoms with Crippen LogP contribution < -0.4 is 38.5 Å². The molecule has 0 saturated carbocycles. The Balaban J connectivity index is 1.94. The summed E-state index contributed by atoms with van der Waals surface area (Å²) in [5, 5.41) is 21.8. The van der Waals surface area contributed by atoms with E-state index in [9.17, 15) is 33.9 Å². The number of carboxylic acid groups (broad SMARTS) is 1. The van der Waals surface area contributed by atoms with Crippen molar-refractivity contribution in [2.24, 2.45) is 29.0 Å². The summed E-state index contributed by atoms with van der Waals surface area (Å²) in [4.78, 5) is 83.6. The number of Topliss-reactive ketones (excluding diaryl/α,β-unsaturated/α-hetero) is 1. The Labute approximate surface area is 311 Å². The first kappa shape index (κ1) is 42.8. The van der Waals surface area contributed by atoms with Gasteiger partial charge in [-0.1, -0.05) is 44.2 Å². The molecule has 1 aliphatic heterocycles. The van der Waals surface area contributed by atoms with Crippen LogP contribution in [0.15, 0.2) is 42.6 Å². The number of ketones is 1. The van der Waals surface area contributed by atoms with E-state index in [0.717, 1.165) is 16.5 Å². The molecule has 1 aromatic heterocycles. The maximum atomic E-state index is 14.1. The number of aromatic amines is 1. The summed E-state index contributed by atoms with van der Waals surface area (Å²) in [7, 11) is 0. The average Bonchev–Trinajstić information content (AvgIpc) is 3.53. The van der Waals surface area contributed by atoms with Gasteiger partial charge in [-0.15, -0.1) is 0 Å². The van der Waals surface area contributed by atoms with Gasteiger partial charge < -0.3 is 48.6 Å². The van der Waals surface area contributed by atoms with Crippen LogP contribution in [0.2, 0.25) is 0 Å². The number of carboxylic acids is 1. The molecule has 0 unspecified atom stereocenters. The Bertz CT molecular complexity index is 1570. The molecule has 2 heterocycles. The molecule has 292 valence electrons. The predicted octanol–water partition coefficient (Wildman–Crippen LogP) is 1.29. The van der Waals surface area contributed by atoms with Crippen LogP contribution in [0.5, 0.6) is 0 Å². The molecule has 12 N–H and O–H groups in total. The van der Waals surface area contributed by atoms with Gasteiger partial charge in [-0.25, -0.2) is 0 Å². The quantitative estimate of drug-likeness (QED) is 0.0782. The molecule has 3 rings (SSSR count). The molecule has 53 heavy (non-hydrogen) atoms. The van der Waals surface area contributed by atoms with Crippen molar-refractivity contribution in [2.45, 2.75) is 115 Å².